The van der Waals surface area contributed by atoms with Gasteiger partial charge in [0, 0.05) is 18.8 Å². The Morgan fingerprint density at radius 3 is 2.50 bits per heavy atom. The number of aliphatic hydroxyl groups is 4. The van der Waals surface area contributed by atoms with Crippen molar-refractivity contribution >= 4 is 5.91 Å². The SMILES string of the molecule is C=C1CC([C@H](O)C(=O)N[C@H](CCC(F)(F)C(C)(C)[C@H](O)C[C@H](O)/C=C/C/C=C/C=C/C)OCCO)O[C@H](C)[C@@H]1C. The average molecular weight is 574 g/mol. The van der Waals surface area contributed by atoms with Crippen LogP contribution in [-0.2, 0) is 14.3 Å². The highest BCUT2D eigenvalue weighted by atomic mass is 19.3. The zero-order valence-electron chi connectivity index (χ0n) is 24.4. The smallest absolute Gasteiger partial charge is 0.255 e. The normalized spacial score (nSPS) is 24.1. The predicted molar refractivity (Wildman–Crippen MR) is 151 cm³/mol. The number of ether oxygens (including phenoxy) is 2. The van der Waals surface area contributed by atoms with Gasteiger partial charge in [0.25, 0.3) is 11.8 Å². The molecule has 5 N–H and O–H groups in total. The first-order chi connectivity index (χ1) is 18.7. The summed E-state index contributed by atoms with van der Waals surface area (Å²) in [5, 5.41) is 43.0. The highest BCUT2D eigenvalue weighted by Gasteiger charge is 2.51. The molecule has 1 amide bonds. The minimum Gasteiger partial charge on any atom is -0.394 e. The van der Waals surface area contributed by atoms with Crippen LogP contribution in [0, 0.1) is 11.3 Å². The molecule has 0 aromatic carbocycles. The monoisotopic (exact) mass is 573 g/mol. The summed E-state index contributed by atoms with van der Waals surface area (Å²) in [4.78, 5) is 12.7. The Morgan fingerprint density at radius 2 is 1.90 bits per heavy atom. The maximum atomic E-state index is 15.3. The van der Waals surface area contributed by atoms with Gasteiger partial charge >= 0.3 is 0 Å². The van der Waals surface area contributed by atoms with Crippen molar-refractivity contribution in [3.63, 3.8) is 0 Å². The van der Waals surface area contributed by atoms with Gasteiger partial charge in [0.05, 0.1) is 43.0 Å². The van der Waals surface area contributed by atoms with Crippen molar-refractivity contribution in [3.8, 4) is 0 Å². The summed E-state index contributed by atoms with van der Waals surface area (Å²) >= 11 is 0. The van der Waals surface area contributed by atoms with Crippen molar-refractivity contribution in [2.75, 3.05) is 13.2 Å². The number of nitrogens with one attached hydrogen (secondary N) is 1. The van der Waals surface area contributed by atoms with E-state index >= 15 is 8.78 Å². The first-order valence-electron chi connectivity index (χ1n) is 13.9. The highest BCUT2D eigenvalue weighted by Crippen LogP contribution is 2.44. The number of hydrogen-bond donors (Lipinski definition) is 5. The third-order valence-corrected chi connectivity index (χ3v) is 7.57. The molecule has 10 heteroatoms. The van der Waals surface area contributed by atoms with E-state index in [-0.39, 0.29) is 37.9 Å². The molecule has 0 spiro atoms. The molecule has 1 rings (SSSR count). The van der Waals surface area contributed by atoms with E-state index in [9.17, 15) is 20.1 Å². The summed E-state index contributed by atoms with van der Waals surface area (Å²) in [6, 6.07) is 0. The molecular formula is C30H49F2NO7. The number of aliphatic hydroxyl groups excluding tert-OH is 4. The highest BCUT2D eigenvalue weighted by molar-refractivity contribution is 5.81. The van der Waals surface area contributed by atoms with Gasteiger partial charge in [-0.25, -0.2) is 8.78 Å². The molecule has 40 heavy (non-hydrogen) atoms. The van der Waals surface area contributed by atoms with E-state index in [2.05, 4.69) is 11.9 Å². The molecule has 1 fully saturated rings. The largest absolute Gasteiger partial charge is 0.394 e. The summed E-state index contributed by atoms with van der Waals surface area (Å²) in [5.74, 6) is -4.19. The lowest BCUT2D eigenvalue weighted by atomic mass is 9.76. The van der Waals surface area contributed by atoms with E-state index in [1.165, 1.54) is 19.9 Å². The fourth-order valence-corrected chi connectivity index (χ4v) is 4.27. The zero-order chi connectivity index (χ0) is 30.5. The first-order valence-corrected chi connectivity index (χ1v) is 13.9. The van der Waals surface area contributed by atoms with Crippen molar-refractivity contribution in [3.05, 3.63) is 48.6 Å². The minimum absolute atomic E-state index is 0.0654. The lowest BCUT2D eigenvalue weighted by Gasteiger charge is -2.39. The second kappa shape index (κ2) is 17.1. The molecule has 0 aromatic heterocycles. The Bertz CT molecular complexity index is 874. The zero-order valence-corrected chi connectivity index (χ0v) is 24.4. The van der Waals surface area contributed by atoms with E-state index in [0.29, 0.717) is 6.42 Å². The van der Waals surface area contributed by atoms with Crippen molar-refractivity contribution in [2.45, 2.75) is 109 Å². The van der Waals surface area contributed by atoms with Gasteiger partial charge in [0.2, 0.25) is 0 Å². The van der Waals surface area contributed by atoms with Crippen molar-refractivity contribution in [2.24, 2.45) is 11.3 Å². The van der Waals surface area contributed by atoms with Crippen LogP contribution in [0.5, 0.6) is 0 Å². The van der Waals surface area contributed by atoms with Gasteiger partial charge in [-0.15, -0.1) is 0 Å². The van der Waals surface area contributed by atoms with Gasteiger partial charge in [-0.1, -0.05) is 69.4 Å². The van der Waals surface area contributed by atoms with Gasteiger partial charge < -0.3 is 35.2 Å². The summed E-state index contributed by atoms with van der Waals surface area (Å²) < 4.78 is 41.8. The van der Waals surface area contributed by atoms with E-state index in [1.54, 1.807) is 6.08 Å². The summed E-state index contributed by atoms with van der Waals surface area (Å²) in [6.45, 7) is 11.4. The molecule has 0 aromatic rings. The maximum Gasteiger partial charge on any atom is 0.255 e. The minimum atomic E-state index is -3.41. The third-order valence-electron chi connectivity index (χ3n) is 7.57. The molecule has 1 heterocycles. The van der Waals surface area contributed by atoms with E-state index in [0.717, 1.165) is 5.57 Å². The number of alkyl halides is 2. The van der Waals surface area contributed by atoms with Gasteiger partial charge in [-0.05, 0) is 33.1 Å². The van der Waals surface area contributed by atoms with Gasteiger partial charge in [-0.2, -0.15) is 0 Å². The van der Waals surface area contributed by atoms with Crippen LogP contribution in [0.2, 0.25) is 0 Å². The van der Waals surface area contributed by atoms with Crippen molar-refractivity contribution < 1.29 is 43.5 Å². The predicted octanol–water partition coefficient (Wildman–Crippen LogP) is 3.80. The van der Waals surface area contributed by atoms with Gasteiger partial charge in [0.1, 0.15) is 6.23 Å². The topological polar surface area (TPSA) is 128 Å². The Labute approximate surface area is 237 Å². The number of carbonyl (C=O) groups is 1. The molecule has 0 aliphatic carbocycles. The van der Waals surface area contributed by atoms with Crippen LogP contribution in [0.1, 0.15) is 66.7 Å². The fraction of sp³-hybridized carbons (Fsp3) is 0.700. The Hall–Kier alpha value is -1.95. The van der Waals surface area contributed by atoms with Crippen molar-refractivity contribution in [1.82, 2.24) is 5.32 Å². The number of carbonyl (C=O) groups excluding carboxylic acids is 1. The summed E-state index contributed by atoms with van der Waals surface area (Å²) in [6.07, 6.45) is 3.50. The van der Waals surface area contributed by atoms with Crippen LogP contribution in [0.15, 0.2) is 48.6 Å². The van der Waals surface area contributed by atoms with Gasteiger partial charge in [0.15, 0.2) is 6.10 Å². The summed E-state index contributed by atoms with van der Waals surface area (Å²) in [5.41, 5.74) is -1.08. The van der Waals surface area contributed by atoms with E-state index in [1.807, 2.05) is 45.1 Å². The van der Waals surface area contributed by atoms with Crippen LogP contribution in [0.25, 0.3) is 0 Å². The van der Waals surface area contributed by atoms with Crippen LogP contribution in [0.4, 0.5) is 8.78 Å². The second-order valence-corrected chi connectivity index (χ2v) is 11.0. The quantitative estimate of drug-likeness (QED) is 0.102. The fourth-order valence-electron chi connectivity index (χ4n) is 4.27. The lowest BCUT2D eigenvalue weighted by molar-refractivity contribution is -0.172. The summed E-state index contributed by atoms with van der Waals surface area (Å²) in [7, 11) is 0. The van der Waals surface area contributed by atoms with Crippen LogP contribution in [0.3, 0.4) is 0 Å². The van der Waals surface area contributed by atoms with E-state index < -0.39 is 60.9 Å². The molecule has 230 valence electrons. The second-order valence-electron chi connectivity index (χ2n) is 11.0. The molecule has 1 aliphatic heterocycles. The first kappa shape index (κ1) is 36.1. The number of amides is 1. The molecule has 1 aliphatic rings. The Balaban J connectivity index is 2.78. The molecule has 7 atom stereocenters. The number of hydrogen-bond acceptors (Lipinski definition) is 7. The average Bonchev–Trinajstić information content (AvgIpc) is 2.89. The maximum absolute atomic E-state index is 15.3. The molecule has 0 radical (unpaired) electrons. The number of allylic oxidation sites excluding steroid dienone is 5. The molecule has 8 nitrogen and oxygen atoms in total. The number of halogens is 2. The van der Waals surface area contributed by atoms with Crippen LogP contribution in [-0.4, -0.2) is 82.2 Å². The van der Waals surface area contributed by atoms with Gasteiger partial charge in [-0.3, -0.25) is 4.79 Å². The Kier molecular flexibility index (Phi) is 15.4. The molecule has 0 bridgehead atoms. The third kappa shape index (κ3) is 11.1. The molecule has 1 saturated heterocycles. The molecular weight excluding hydrogens is 524 g/mol. The molecule has 1 unspecified atom stereocenters. The molecule has 0 saturated carbocycles. The standard InChI is InChI=1S/C30H49F2NO7/c1-7-8-9-10-11-12-13-23(35)19-25(36)29(5,6)30(31,32)15-14-26(39-17-16-34)33-28(38)27(37)24-18-20(2)21(3)22(4)40-24/h7-10,12-13,21-27,34-37H,2,11,14-19H2,1,3-6H3,(H,33,38)/b8-7+,10-9+,13-12+/t21-,22-,23-,24?,25-,26+,27+/m1/s1. The van der Waals surface area contributed by atoms with Crippen LogP contribution >= 0.6 is 0 Å². The number of rotatable bonds is 17. The van der Waals surface area contributed by atoms with Crippen LogP contribution < -0.4 is 5.32 Å². The van der Waals surface area contributed by atoms with E-state index in [4.69, 9.17) is 14.6 Å². The van der Waals surface area contributed by atoms with Crippen molar-refractivity contribution in [1.29, 1.82) is 0 Å². The lowest BCUT2D eigenvalue weighted by Crippen LogP contribution is -2.51. The Morgan fingerprint density at radius 1 is 1.23 bits per heavy atom.